The number of carboxylic acids is 1. The number of carbonyl (C=O) groups is 1. The molecular weight excluding hydrogens is 287 g/mol. The first-order valence-electron chi connectivity index (χ1n) is 3.22. The third kappa shape index (κ3) is 1.92. The highest BCUT2D eigenvalue weighted by Gasteiger charge is 2.12. The van der Waals surface area contributed by atoms with Crippen LogP contribution < -0.4 is 0 Å². The topological polar surface area (TPSA) is 37.3 Å². The van der Waals surface area contributed by atoms with E-state index >= 15 is 0 Å². The summed E-state index contributed by atoms with van der Waals surface area (Å²) in [7, 11) is 0. The van der Waals surface area contributed by atoms with Crippen LogP contribution in [-0.4, -0.2) is 17.3 Å². The highest BCUT2D eigenvalue weighted by molar-refractivity contribution is 14.1. The first-order chi connectivity index (χ1) is 5.66. The van der Waals surface area contributed by atoms with E-state index in [1.54, 1.807) is 6.07 Å². The van der Waals surface area contributed by atoms with Gasteiger partial charge in [-0.05, 0) is 41.0 Å². The monoisotopic (exact) mass is 294 g/mol. The molecule has 1 N–H and O–H groups in total. The molecule has 1 rings (SSSR count). The van der Waals surface area contributed by atoms with E-state index in [9.17, 15) is 4.79 Å². The van der Waals surface area contributed by atoms with Crippen LogP contribution in [0.25, 0.3) is 0 Å². The largest absolute Gasteiger partial charge is 0.478 e. The first kappa shape index (κ1) is 9.85. The molecule has 0 aromatic heterocycles. The lowest BCUT2D eigenvalue weighted by Gasteiger charge is -2.03. The number of hydrogen-bond acceptors (Lipinski definition) is 2. The Hall–Kier alpha value is -0.230. The number of thioether (sulfide) groups is 1. The molecule has 1 aromatic carbocycles. The minimum absolute atomic E-state index is 0.408. The van der Waals surface area contributed by atoms with Crippen molar-refractivity contribution >= 4 is 40.3 Å². The third-order valence-corrected chi connectivity index (χ3v) is 3.09. The Labute approximate surface area is 88.5 Å². The number of hydrogen-bond donors (Lipinski definition) is 1. The summed E-state index contributed by atoms with van der Waals surface area (Å²) in [6, 6.07) is 5.47. The highest BCUT2D eigenvalue weighted by atomic mass is 127. The van der Waals surface area contributed by atoms with E-state index in [-0.39, 0.29) is 0 Å². The summed E-state index contributed by atoms with van der Waals surface area (Å²) < 4.78 is 0.784. The lowest BCUT2D eigenvalue weighted by atomic mass is 10.2. The minimum atomic E-state index is -0.857. The third-order valence-electron chi connectivity index (χ3n) is 1.41. The standard InChI is InChI=1S/C8H7IO2S/c1-12-6-4-2-3-5(9)7(6)8(10)11/h2-4H,1H3,(H,10,11). The van der Waals surface area contributed by atoms with Crippen molar-refractivity contribution in [3.8, 4) is 0 Å². The molecule has 4 heteroatoms. The molecule has 12 heavy (non-hydrogen) atoms. The molecule has 0 saturated carbocycles. The lowest BCUT2D eigenvalue weighted by Crippen LogP contribution is -2.01. The van der Waals surface area contributed by atoms with Gasteiger partial charge in [-0.3, -0.25) is 0 Å². The fourth-order valence-corrected chi connectivity index (χ4v) is 2.41. The Morgan fingerprint density at radius 3 is 2.67 bits per heavy atom. The molecule has 0 bridgehead atoms. The quantitative estimate of drug-likeness (QED) is 0.673. The van der Waals surface area contributed by atoms with E-state index < -0.39 is 5.97 Å². The van der Waals surface area contributed by atoms with Crippen molar-refractivity contribution in [1.82, 2.24) is 0 Å². The molecule has 0 spiro atoms. The van der Waals surface area contributed by atoms with Crippen molar-refractivity contribution in [2.45, 2.75) is 4.90 Å². The van der Waals surface area contributed by atoms with Crippen LogP contribution in [0.15, 0.2) is 23.1 Å². The molecule has 0 saturated heterocycles. The van der Waals surface area contributed by atoms with E-state index in [4.69, 9.17) is 5.11 Å². The van der Waals surface area contributed by atoms with Crippen LogP contribution in [0, 0.1) is 3.57 Å². The van der Waals surface area contributed by atoms with Gasteiger partial charge in [-0.1, -0.05) is 6.07 Å². The highest BCUT2D eigenvalue weighted by Crippen LogP contribution is 2.24. The molecule has 0 unspecified atom stereocenters. The van der Waals surface area contributed by atoms with Crippen LogP contribution in [0.5, 0.6) is 0 Å². The van der Waals surface area contributed by atoms with Crippen molar-refractivity contribution in [3.05, 3.63) is 27.3 Å². The molecule has 2 nitrogen and oxygen atoms in total. The SMILES string of the molecule is CSc1cccc(I)c1C(=O)O. The van der Waals surface area contributed by atoms with E-state index in [1.165, 1.54) is 11.8 Å². The molecule has 0 aliphatic carbocycles. The average molecular weight is 294 g/mol. The summed E-state index contributed by atoms with van der Waals surface area (Å²) in [4.78, 5) is 11.6. The molecule has 0 fully saturated rings. The van der Waals surface area contributed by atoms with Gasteiger partial charge in [0.05, 0.1) is 5.56 Å². The van der Waals surface area contributed by atoms with Gasteiger partial charge < -0.3 is 5.11 Å². The maximum atomic E-state index is 10.8. The molecule has 0 aliphatic heterocycles. The number of carboxylic acid groups (broad SMARTS) is 1. The summed E-state index contributed by atoms with van der Waals surface area (Å²) in [5.41, 5.74) is 0.408. The fraction of sp³-hybridized carbons (Fsp3) is 0.125. The second-order valence-electron chi connectivity index (χ2n) is 2.12. The van der Waals surface area contributed by atoms with Crippen molar-refractivity contribution < 1.29 is 9.90 Å². The Bertz CT molecular complexity index is 312. The normalized spacial score (nSPS) is 9.83. The van der Waals surface area contributed by atoms with Gasteiger partial charge in [0.2, 0.25) is 0 Å². The van der Waals surface area contributed by atoms with Crippen LogP contribution in [0.1, 0.15) is 10.4 Å². The Morgan fingerprint density at radius 1 is 1.58 bits per heavy atom. The van der Waals surface area contributed by atoms with Gasteiger partial charge >= 0.3 is 5.97 Å². The van der Waals surface area contributed by atoms with Crippen molar-refractivity contribution in [1.29, 1.82) is 0 Å². The van der Waals surface area contributed by atoms with Gasteiger partial charge in [0, 0.05) is 8.47 Å². The van der Waals surface area contributed by atoms with Crippen LogP contribution in [0.2, 0.25) is 0 Å². The summed E-state index contributed by atoms with van der Waals surface area (Å²) >= 11 is 3.48. The molecule has 0 amide bonds. The second-order valence-corrected chi connectivity index (χ2v) is 4.13. The van der Waals surface area contributed by atoms with E-state index in [1.807, 2.05) is 41.0 Å². The van der Waals surface area contributed by atoms with Crippen molar-refractivity contribution in [3.63, 3.8) is 0 Å². The fourth-order valence-electron chi connectivity index (χ4n) is 0.882. The van der Waals surface area contributed by atoms with Crippen molar-refractivity contribution in [2.75, 3.05) is 6.26 Å². The van der Waals surface area contributed by atoms with Crippen LogP contribution in [-0.2, 0) is 0 Å². The van der Waals surface area contributed by atoms with Gasteiger partial charge in [0.25, 0.3) is 0 Å². The molecule has 0 heterocycles. The zero-order chi connectivity index (χ0) is 9.14. The second kappa shape index (κ2) is 4.13. The molecule has 0 atom stereocenters. The Kier molecular flexibility index (Phi) is 3.39. The van der Waals surface area contributed by atoms with Crippen LogP contribution >= 0.6 is 34.4 Å². The van der Waals surface area contributed by atoms with Gasteiger partial charge in [-0.2, -0.15) is 0 Å². The number of benzene rings is 1. The predicted molar refractivity (Wildman–Crippen MR) is 57.9 cm³/mol. The predicted octanol–water partition coefficient (Wildman–Crippen LogP) is 2.71. The maximum Gasteiger partial charge on any atom is 0.337 e. The van der Waals surface area contributed by atoms with Gasteiger partial charge in [0.1, 0.15) is 0 Å². The minimum Gasteiger partial charge on any atom is -0.478 e. The van der Waals surface area contributed by atoms with Crippen LogP contribution in [0.3, 0.4) is 0 Å². The number of halogens is 1. The van der Waals surface area contributed by atoms with E-state index in [0.29, 0.717) is 5.56 Å². The smallest absolute Gasteiger partial charge is 0.337 e. The van der Waals surface area contributed by atoms with Crippen molar-refractivity contribution in [2.24, 2.45) is 0 Å². The molecule has 0 radical (unpaired) electrons. The van der Waals surface area contributed by atoms with Crippen LogP contribution in [0.4, 0.5) is 0 Å². The van der Waals surface area contributed by atoms with Gasteiger partial charge in [-0.15, -0.1) is 11.8 Å². The molecule has 64 valence electrons. The average Bonchev–Trinajstić information content (AvgIpc) is 2.03. The number of rotatable bonds is 2. The summed E-state index contributed by atoms with van der Waals surface area (Å²) in [6.07, 6.45) is 1.87. The van der Waals surface area contributed by atoms with E-state index in [0.717, 1.165) is 8.47 Å². The molecular formula is C8H7IO2S. The Balaban J connectivity index is 3.29. The number of aromatic carboxylic acids is 1. The maximum absolute atomic E-state index is 10.8. The molecule has 1 aromatic rings. The summed E-state index contributed by atoms with van der Waals surface area (Å²) in [5, 5.41) is 8.86. The zero-order valence-electron chi connectivity index (χ0n) is 6.37. The zero-order valence-corrected chi connectivity index (χ0v) is 9.35. The first-order valence-corrected chi connectivity index (χ1v) is 5.53. The molecule has 0 aliphatic rings. The summed E-state index contributed by atoms with van der Waals surface area (Å²) in [5.74, 6) is -0.857. The summed E-state index contributed by atoms with van der Waals surface area (Å²) in [6.45, 7) is 0. The lowest BCUT2D eigenvalue weighted by molar-refractivity contribution is 0.0692. The van der Waals surface area contributed by atoms with E-state index in [2.05, 4.69) is 0 Å². The Morgan fingerprint density at radius 2 is 2.25 bits per heavy atom. The van der Waals surface area contributed by atoms with Gasteiger partial charge in [0.15, 0.2) is 0 Å². The van der Waals surface area contributed by atoms with Gasteiger partial charge in [-0.25, -0.2) is 4.79 Å².